The van der Waals surface area contributed by atoms with E-state index in [1.54, 1.807) is 0 Å². The van der Waals surface area contributed by atoms with E-state index in [0.29, 0.717) is 4.57 Å². The van der Waals surface area contributed by atoms with Crippen molar-refractivity contribution >= 4 is 23.1 Å². The molecule has 0 radical (unpaired) electrons. The molecule has 0 saturated carbocycles. The molecule has 0 saturated heterocycles. The maximum atomic E-state index is 11.1. The van der Waals surface area contributed by atoms with Crippen molar-refractivity contribution in [1.82, 2.24) is 19.5 Å². The van der Waals surface area contributed by atoms with Gasteiger partial charge in [0.1, 0.15) is 11.8 Å². The van der Waals surface area contributed by atoms with Crippen molar-refractivity contribution in [2.45, 2.75) is 0 Å². The topological polar surface area (TPSA) is 127 Å². The van der Waals surface area contributed by atoms with Gasteiger partial charge in [-0.3, -0.25) is 4.98 Å². The molecule has 4 N–H and O–H groups in total. The number of rotatable bonds is 0. The quantitative estimate of drug-likeness (QED) is 0.506. The van der Waals surface area contributed by atoms with Crippen LogP contribution < -0.4 is 11.4 Å². The predicted molar refractivity (Wildman–Crippen MR) is 46.0 cm³/mol. The van der Waals surface area contributed by atoms with Gasteiger partial charge in [-0.1, -0.05) is 0 Å². The largest absolute Gasteiger partial charge is 0.464 e. The van der Waals surface area contributed by atoms with E-state index in [1.807, 2.05) is 0 Å². The first-order valence-corrected chi connectivity index (χ1v) is 3.55. The number of hydrogen-bond acceptors (Lipinski definition) is 5. The maximum absolute atomic E-state index is 11.1. The van der Waals surface area contributed by atoms with Crippen LogP contribution in [0, 0.1) is 0 Å². The summed E-state index contributed by atoms with van der Waals surface area (Å²) < 4.78 is 0.463. The Kier molecular flexibility index (Phi) is 1.50. The summed E-state index contributed by atoms with van der Waals surface area (Å²) in [6, 6.07) is 0. The lowest BCUT2D eigenvalue weighted by atomic mass is 10.5. The minimum Gasteiger partial charge on any atom is -0.464 e. The molecule has 0 unspecified atom stereocenters. The van der Waals surface area contributed by atoms with Gasteiger partial charge in [0.05, 0.1) is 0 Å². The highest BCUT2D eigenvalue weighted by Gasteiger charge is 2.15. The summed E-state index contributed by atoms with van der Waals surface area (Å²) in [5, 5.41) is 8.71. The molecule has 2 aromatic rings. The monoisotopic (exact) mass is 195 g/mol. The molecule has 2 rings (SSSR count). The van der Waals surface area contributed by atoms with Crippen LogP contribution in [0.3, 0.4) is 0 Å². The van der Waals surface area contributed by atoms with Gasteiger partial charge < -0.3 is 10.8 Å². The van der Waals surface area contributed by atoms with Gasteiger partial charge in [0, 0.05) is 0 Å². The van der Waals surface area contributed by atoms with Gasteiger partial charge in [-0.15, -0.1) is 0 Å². The Hall–Kier alpha value is -2.38. The molecular weight excluding hydrogens is 190 g/mol. The first kappa shape index (κ1) is 8.23. The minimum absolute atomic E-state index is 0.0231. The number of carboxylic acid groups (broad SMARTS) is 1. The molecule has 0 aromatic carbocycles. The predicted octanol–water partition coefficient (Wildman–Crippen LogP) is -0.772. The molecule has 2 aromatic heterocycles. The van der Waals surface area contributed by atoms with Crippen LogP contribution in [0.2, 0.25) is 0 Å². The lowest BCUT2D eigenvalue weighted by Crippen LogP contribution is -2.23. The van der Waals surface area contributed by atoms with Crippen molar-refractivity contribution in [3.8, 4) is 0 Å². The van der Waals surface area contributed by atoms with Gasteiger partial charge in [0.15, 0.2) is 11.5 Å². The van der Waals surface area contributed by atoms with E-state index in [4.69, 9.17) is 10.8 Å². The molecular formula is C6H5N5O3. The number of anilines is 1. The number of aromatic amines is 1. The van der Waals surface area contributed by atoms with Crippen LogP contribution >= 0.6 is 0 Å². The van der Waals surface area contributed by atoms with Crippen molar-refractivity contribution in [1.29, 1.82) is 0 Å². The summed E-state index contributed by atoms with van der Waals surface area (Å²) in [5.41, 5.74) is 4.69. The highest BCUT2D eigenvalue weighted by Crippen LogP contribution is 2.11. The fourth-order valence-corrected chi connectivity index (χ4v) is 1.15. The van der Waals surface area contributed by atoms with E-state index < -0.39 is 11.8 Å². The van der Waals surface area contributed by atoms with Crippen molar-refractivity contribution in [3.05, 3.63) is 16.8 Å². The second-order valence-electron chi connectivity index (χ2n) is 2.50. The lowest BCUT2D eigenvalue weighted by Gasteiger charge is -1.96. The third-order valence-corrected chi connectivity index (χ3v) is 1.69. The molecule has 14 heavy (non-hydrogen) atoms. The van der Waals surface area contributed by atoms with E-state index in [1.165, 1.54) is 0 Å². The second-order valence-corrected chi connectivity index (χ2v) is 2.50. The Balaban J connectivity index is 3.01. The van der Waals surface area contributed by atoms with Crippen LogP contribution in [0.4, 0.5) is 10.6 Å². The molecule has 0 fully saturated rings. The molecule has 2 heterocycles. The van der Waals surface area contributed by atoms with Crippen molar-refractivity contribution in [3.63, 3.8) is 0 Å². The number of H-pyrrole nitrogens is 1. The number of hydrogen-bond donors (Lipinski definition) is 3. The lowest BCUT2D eigenvalue weighted by molar-refractivity contribution is 0.196. The van der Waals surface area contributed by atoms with Gasteiger partial charge in [0.2, 0.25) is 0 Å². The first-order chi connectivity index (χ1) is 6.61. The first-order valence-electron chi connectivity index (χ1n) is 3.55. The molecule has 0 aliphatic carbocycles. The molecule has 8 nitrogen and oxygen atoms in total. The fraction of sp³-hybridized carbons (Fsp3) is 0. The van der Waals surface area contributed by atoms with E-state index in [2.05, 4.69) is 15.0 Å². The summed E-state index contributed by atoms with van der Waals surface area (Å²) in [6.07, 6.45) is -0.289. The van der Waals surface area contributed by atoms with E-state index in [9.17, 15) is 9.59 Å². The molecule has 0 amide bonds. The van der Waals surface area contributed by atoms with Crippen LogP contribution in [0.25, 0.3) is 11.2 Å². The Morgan fingerprint density at radius 2 is 2.29 bits per heavy atom. The summed E-state index contributed by atoms with van der Waals surface area (Å²) in [5.74, 6) is -0.0595. The Bertz CT molecular complexity index is 568. The van der Waals surface area contributed by atoms with Gasteiger partial charge in [0.25, 0.3) is 0 Å². The summed E-state index contributed by atoms with van der Waals surface area (Å²) in [7, 11) is 0. The number of nitrogens with zero attached hydrogens (tertiary/aromatic N) is 3. The van der Waals surface area contributed by atoms with E-state index in [0.717, 1.165) is 6.33 Å². The van der Waals surface area contributed by atoms with Gasteiger partial charge in [-0.05, 0) is 0 Å². The Labute approximate surface area is 76.0 Å². The standard InChI is InChI=1S/C6H5N5O3/c7-3-2-4(9-1-8-3)10-5(12)11(2)6(13)14/h1H,(H,13,14)(H3,7,8,9,10,12). The number of imidazole rings is 1. The highest BCUT2D eigenvalue weighted by atomic mass is 16.4. The van der Waals surface area contributed by atoms with E-state index in [-0.39, 0.29) is 17.0 Å². The normalized spacial score (nSPS) is 10.6. The number of carbonyl (C=O) groups is 1. The molecule has 0 aliphatic heterocycles. The van der Waals surface area contributed by atoms with Crippen molar-refractivity contribution in [2.24, 2.45) is 0 Å². The molecule has 0 atom stereocenters. The van der Waals surface area contributed by atoms with Gasteiger partial charge >= 0.3 is 11.8 Å². The van der Waals surface area contributed by atoms with Crippen molar-refractivity contribution in [2.75, 3.05) is 5.73 Å². The Morgan fingerprint density at radius 1 is 1.57 bits per heavy atom. The third-order valence-electron chi connectivity index (χ3n) is 1.69. The van der Waals surface area contributed by atoms with Crippen LogP contribution in [0.1, 0.15) is 0 Å². The molecule has 0 bridgehead atoms. The van der Waals surface area contributed by atoms with Crippen LogP contribution in [-0.4, -0.2) is 30.7 Å². The zero-order valence-corrected chi connectivity index (χ0v) is 6.76. The smallest absolute Gasteiger partial charge is 0.420 e. The molecule has 0 aliphatic rings. The SMILES string of the molecule is Nc1ncnc2[nH]c(=O)n(C(=O)O)c12. The zero-order chi connectivity index (χ0) is 10.3. The van der Waals surface area contributed by atoms with Crippen LogP contribution in [0.5, 0.6) is 0 Å². The molecule has 0 spiro atoms. The summed E-state index contributed by atoms with van der Waals surface area (Å²) >= 11 is 0. The van der Waals surface area contributed by atoms with Gasteiger partial charge in [-0.25, -0.2) is 19.6 Å². The third kappa shape index (κ3) is 0.937. The zero-order valence-electron chi connectivity index (χ0n) is 6.76. The van der Waals surface area contributed by atoms with Crippen molar-refractivity contribution < 1.29 is 9.90 Å². The minimum atomic E-state index is -1.43. The van der Waals surface area contributed by atoms with Gasteiger partial charge in [-0.2, -0.15) is 4.57 Å². The second kappa shape index (κ2) is 2.55. The summed E-state index contributed by atoms with van der Waals surface area (Å²) in [6.45, 7) is 0. The number of fused-ring (bicyclic) bond motifs is 1. The number of nitrogens with one attached hydrogen (secondary N) is 1. The number of nitrogen functional groups attached to an aromatic ring is 1. The Morgan fingerprint density at radius 3 is 2.93 bits per heavy atom. The van der Waals surface area contributed by atoms with E-state index >= 15 is 0 Å². The number of nitrogens with two attached hydrogens (primary N) is 1. The molecule has 8 heteroatoms. The van der Waals surface area contributed by atoms with Crippen LogP contribution in [0.15, 0.2) is 11.1 Å². The average Bonchev–Trinajstić information content (AvgIpc) is 2.42. The highest BCUT2D eigenvalue weighted by molar-refractivity contribution is 5.89. The average molecular weight is 195 g/mol. The summed E-state index contributed by atoms with van der Waals surface area (Å²) in [4.78, 5) is 31.3. The molecule has 72 valence electrons. The fourth-order valence-electron chi connectivity index (χ4n) is 1.15. The maximum Gasteiger partial charge on any atom is 0.420 e. The van der Waals surface area contributed by atoms with Crippen LogP contribution in [-0.2, 0) is 0 Å². The number of aromatic nitrogens is 4.